The van der Waals surface area contributed by atoms with Crippen LogP contribution in [0.3, 0.4) is 0 Å². The SMILES string of the molecule is CCCCCNC(=NC)NCCNC(=O)C1CC1. The first-order chi connectivity index (χ1) is 8.77. The predicted molar refractivity (Wildman–Crippen MR) is 74.6 cm³/mol. The molecule has 0 saturated heterocycles. The molecule has 0 unspecified atom stereocenters. The van der Waals surface area contributed by atoms with Crippen molar-refractivity contribution in [1.29, 1.82) is 0 Å². The smallest absolute Gasteiger partial charge is 0.223 e. The number of aliphatic imine (C=N–C) groups is 1. The fraction of sp³-hybridized carbons (Fsp3) is 0.846. The maximum absolute atomic E-state index is 11.4. The molecule has 0 aromatic rings. The summed E-state index contributed by atoms with van der Waals surface area (Å²) < 4.78 is 0. The van der Waals surface area contributed by atoms with Gasteiger partial charge >= 0.3 is 0 Å². The van der Waals surface area contributed by atoms with Crippen LogP contribution in [0, 0.1) is 5.92 Å². The van der Waals surface area contributed by atoms with Crippen LogP contribution in [-0.2, 0) is 4.79 Å². The van der Waals surface area contributed by atoms with Crippen LogP contribution >= 0.6 is 0 Å². The lowest BCUT2D eigenvalue weighted by atomic mass is 10.2. The molecule has 3 N–H and O–H groups in total. The van der Waals surface area contributed by atoms with Gasteiger partial charge in [-0.25, -0.2) is 0 Å². The number of guanidine groups is 1. The molecule has 1 aliphatic carbocycles. The molecule has 18 heavy (non-hydrogen) atoms. The second-order valence-corrected chi connectivity index (χ2v) is 4.70. The number of nitrogens with one attached hydrogen (secondary N) is 3. The minimum atomic E-state index is 0.197. The normalized spacial score (nSPS) is 15.3. The molecule has 0 spiro atoms. The van der Waals surface area contributed by atoms with Gasteiger partial charge in [0, 0.05) is 32.6 Å². The summed E-state index contributed by atoms with van der Waals surface area (Å²) in [6.45, 7) is 4.51. The zero-order valence-corrected chi connectivity index (χ0v) is 11.6. The van der Waals surface area contributed by atoms with E-state index in [2.05, 4.69) is 27.9 Å². The van der Waals surface area contributed by atoms with E-state index in [1.54, 1.807) is 7.05 Å². The summed E-state index contributed by atoms with van der Waals surface area (Å²) in [5.41, 5.74) is 0. The van der Waals surface area contributed by atoms with Crippen LogP contribution in [-0.4, -0.2) is 38.5 Å². The highest BCUT2D eigenvalue weighted by Crippen LogP contribution is 2.28. The van der Waals surface area contributed by atoms with Crippen molar-refractivity contribution in [2.45, 2.75) is 39.0 Å². The number of unbranched alkanes of at least 4 members (excludes halogenated alkanes) is 2. The number of amides is 1. The molecule has 1 aliphatic rings. The number of hydrogen-bond acceptors (Lipinski definition) is 2. The van der Waals surface area contributed by atoms with Crippen LogP contribution in [0.15, 0.2) is 4.99 Å². The predicted octanol–water partition coefficient (Wildman–Crippen LogP) is 0.868. The van der Waals surface area contributed by atoms with Crippen LogP contribution in [0.25, 0.3) is 0 Å². The standard InChI is InChI=1S/C13H26N4O/c1-3-4-5-8-16-13(14-2)17-10-9-15-12(18)11-6-7-11/h11H,3-10H2,1-2H3,(H,15,18)(H2,14,16,17). The maximum atomic E-state index is 11.4. The van der Waals surface area contributed by atoms with E-state index in [9.17, 15) is 4.79 Å². The zero-order valence-electron chi connectivity index (χ0n) is 11.6. The topological polar surface area (TPSA) is 65.5 Å². The summed E-state index contributed by atoms with van der Waals surface area (Å²) in [4.78, 5) is 15.5. The summed E-state index contributed by atoms with van der Waals surface area (Å²) in [6.07, 6.45) is 5.73. The van der Waals surface area contributed by atoms with Crippen molar-refractivity contribution < 1.29 is 4.79 Å². The number of nitrogens with zero attached hydrogens (tertiary/aromatic N) is 1. The summed E-state index contributed by atoms with van der Waals surface area (Å²) in [5, 5.41) is 9.36. The third kappa shape index (κ3) is 6.47. The summed E-state index contributed by atoms with van der Waals surface area (Å²) in [6, 6.07) is 0. The minimum absolute atomic E-state index is 0.197. The Morgan fingerprint density at radius 3 is 2.39 bits per heavy atom. The zero-order chi connectivity index (χ0) is 13.2. The summed E-state index contributed by atoms with van der Waals surface area (Å²) in [7, 11) is 1.76. The van der Waals surface area contributed by atoms with E-state index in [1.807, 2.05) is 0 Å². The van der Waals surface area contributed by atoms with Gasteiger partial charge in [-0.1, -0.05) is 19.8 Å². The lowest BCUT2D eigenvalue weighted by Crippen LogP contribution is -2.42. The number of rotatable bonds is 8. The van der Waals surface area contributed by atoms with Crippen LogP contribution < -0.4 is 16.0 Å². The second kappa shape index (κ2) is 8.78. The molecule has 0 heterocycles. The summed E-state index contributed by atoms with van der Waals surface area (Å²) in [5.74, 6) is 1.30. The number of carbonyl (C=O) groups is 1. The molecule has 1 fully saturated rings. The van der Waals surface area contributed by atoms with Gasteiger partial charge < -0.3 is 16.0 Å². The monoisotopic (exact) mass is 254 g/mol. The van der Waals surface area contributed by atoms with Crippen molar-refractivity contribution in [3.63, 3.8) is 0 Å². The first-order valence-electron chi connectivity index (χ1n) is 7.00. The molecule has 1 saturated carbocycles. The van der Waals surface area contributed by atoms with Gasteiger partial charge in [0.25, 0.3) is 0 Å². The Balaban J connectivity index is 1.99. The number of hydrogen-bond donors (Lipinski definition) is 3. The van der Waals surface area contributed by atoms with E-state index in [-0.39, 0.29) is 11.8 Å². The first kappa shape index (κ1) is 14.8. The van der Waals surface area contributed by atoms with Gasteiger partial charge in [-0.05, 0) is 19.3 Å². The quantitative estimate of drug-likeness (QED) is 0.342. The average molecular weight is 254 g/mol. The van der Waals surface area contributed by atoms with Crippen molar-refractivity contribution in [3.8, 4) is 0 Å². The minimum Gasteiger partial charge on any atom is -0.356 e. The highest BCUT2D eigenvalue weighted by Gasteiger charge is 2.28. The molecule has 0 radical (unpaired) electrons. The van der Waals surface area contributed by atoms with E-state index < -0.39 is 0 Å². The van der Waals surface area contributed by atoms with E-state index in [4.69, 9.17) is 0 Å². The lowest BCUT2D eigenvalue weighted by molar-refractivity contribution is -0.122. The molecule has 1 amide bonds. The van der Waals surface area contributed by atoms with Gasteiger partial charge in [0.05, 0.1) is 0 Å². The summed E-state index contributed by atoms with van der Waals surface area (Å²) >= 11 is 0. The van der Waals surface area contributed by atoms with Gasteiger partial charge in [0.2, 0.25) is 5.91 Å². The van der Waals surface area contributed by atoms with Gasteiger partial charge in [-0.15, -0.1) is 0 Å². The highest BCUT2D eigenvalue weighted by atomic mass is 16.2. The highest BCUT2D eigenvalue weighted by molar-refractivity contribution is 5.81. The van der Waals surface area contributed by atoms with Gasteiger partial charge in [-0.3, -0.25) is 9.79 Å². The molecule has 0 aromatic carbocycles. The molecule has 0 atom stereocenters. The van der Waals surface area contributed by atoms with Crippen LogP contribution in [0.4, 0.5) is 0 Å². The van der Waals surface area contributed by atoms with Crippen molar-refractivity contribution in [3.05, 3.63) is 0 Å². The van der Waals surface area contributed by atoms with Crippen molar-refractivity contribution in [2.24, 2.45) is 10.9 Å². The van der Waals surface area contributed by atoms with Gasteiger partial charge in [0.1, 0.15) is 0 Å². The third-order valence-corrected chi connectivity index (χ3v) is 2.96. The van der Waals surface area contributed by atoms with Gasteiger partial charge in [0.15, 0.2) is 5.96 Å². The largest absolute Gasteiger partial charge is 0.356 e. The molecule has 5 nitrogen and oxygen atoms in total. The van der Waals surface area contributed by atoms with Crippen molar-refractivity contribution >= 4 is 11.9 Å². The fourth-order valence-electron chi connectivity index (χ4n) is 1.66. The van der Waals surface area contributed by atoms with E-state index in [1.165, 1.54) is 12.8 Å². The molecular formula is C13H26N4O. The van der Waals surface area contributed by atoms with E-state index in [0.717, 1.165) is 31.8 Å². The molecule has 0 aromatic heterocycles. The molecule has 104 valence electrons. The van der Waals surface area contributed by atoms with Crippen LogP contribution in [0.1, 0.15) is 39.0 Å². The molecule has 0 aliphatic heterocycles. The van der Waals surface area contributed by atoms with Crippen LogP contribution in [0.2, 0.25) is 0 Å². The van der Waals surface area contributed by atoms with Crippen molar-refractivity contribution in [1.82, 2.24) is 16.0 Å². The first-order valence-corrected chi connectivity index (χ1v) is 7.00. The molecule has 0 bridgehead atoms. The van der Waals surface area contributed by atoms with E-state index in [0.29, 0.717) is 13.1 Å². The Hall–Kier alpha value is -1.26. The number of carbonyl (C=O) groups excluding carboxylic acids is 1. The Labute approximate surface area is 110 Å². The van der Waals surface area contributed by atoms with Crippen LogP contribution in [0.5, 0.6) is 0 Å². The van der Waals surface area contributed by atoms with Gasteiger partial charge in [-0.2, -0.15) is 0 Å². The molecule has 1 rings (SSSR count). The Kier molecular flexibility index (Phi) is 7.22. The second-order valence-electron chi connectivity index (χ2n) is 4.70. The lowest BCUT2D eigenvalue weighted by Gasteiger charge is -2.12. The average Bonchev–Trinajstić information content (AvgIpc) is 3.21. The molecular weight excluding hydrogens is 228 g/mol. The van der Waals surface area contributed by atoms with E-state index >= 15 is 0 Å². The maximum Gasteiger partial charge on any atom is 0.223 e. The molecule has 5 heteroatoms. The Morgan fingerprint density at radius 1 is 1.11 bits per heavy atom. The fourth-order valence-corrected chi connectivity index (χ4v) is 1.66. The Bertz CT molecular complexity index is 274. The van der Waals surface area contributed by atoms with Crippen molar-refractivity contribution in [2.75, 3.05) is 26.7 Å². The third-order valence-electron chi connectivity index (χ3n) is 2.96. The Morgan fingerprint density at radius 2 is 1.78 bits per heavy atom.